The zero-order valence-corrected chi connectivity index (χ0v) is 35.3. The van der Waals surface area contributed by atoms with E-state index in [0.717, 1.165) is 0 Å². The third-order valence-electron chi connectivity index (χ3n) is 14.2. The van der Waals surface area contributed by atoms with Gasteiger partial charge in [-0.05, 0) is 150 Å². The Morgan fingerprint density at radius 3 is 1.35 bits per heavy atom. The third kappa shape index (κ3) is 5.28. The summed E-state index contributed by atoms with van der Waals surface area (Å²) in [7, 11) is 0. The van der Waals surface area contributed by atoms with Crippen LogP contribution in [0.2, 0.25) is 0 Å². The predicted octanol–water partition coefficient (Wildman–Crippen LogP) is 17.6. The number of benzene rings is 12. The summed E-state index contributed by atoms with van der Waals surface area (Å²) in [5.41, 5.74) is 15.4. The summed E-state index contributed by atoms with van der Waals surface area (Å²) in [5.74, 6) is 0. The molecule has 0 saturated carbocycles. The third-order valence-corrected chi connectivity index (χ3v) is 14.2. The van der Waals surface area contributed by atoms with E-state index in [2.05, 4.69) is 232 Å². The number of rotatable bonds is 4. The first-order chi connectivity index (χ1) is 31.0. The summed E-state index contributed by atoms with van der Waals surface area (Å²) in [6, 6.07) is 82.0. The van der Waals surface area contributed by atoms with Crippen molar-refractivity contribution in [3.05, 3.63) is 230 Å². The number of hydrogen-bond donors (Lipinski definition) is 0. The average molecular weight is 799 g/mol. The van der Waals surface area contributed by atoms with Gasteiger partial charge in [-0.1, -0.05) is 214 Å². The standard InChI is InChI=1S/C63H42/c1-63(2)57-29-14-13-21-46(57)47-34-32-44(38-58(47)63)61-50-23-8-7-22-49(50)59(42-31-30-39-16-3-4-18-41(39)36-42)55-35-33-43(37-56(55)61)60-51-24-9-11-26-53(51)62(54-27-12-10-25-52(54)60)48-28-15-19-40-17-5-6-20-45(40)48/h3-38H,1-2H3. The fraction of sp³-hybridized carbons (Fsp3) is 0.0476. The summed E-state index contributed by atoms with van der Waals surface area (Å²) in [5, 5.41) is 15.1. The lowest BCUT2D eigenvalue weighted by Crippen LogP contribution is -2.14. The van der Waals surface area contributed by atoms with Crippen molar-refractivity contribution in [2.75, 3.05) is 0 Å². The Labute approximate surface area is 367 Å². The highest BCUT2D eigenvalue weighted by Crippen LogP contribution is 2.53. The fourth-order valence-corrected chi connectivity index (χ4v) is 11.3. The van der Waals surface area contributed by atoms with E-state index in [0.29, 0.717) is 0 Å². The van der Waals surface area contributed by atoms with Crippen molar-refractivity contribution in [1.29, 1.82) is 0 Å². The quantitative estimate of drug-likeness (QED) is 0.156. The zero-order chi connectivity index (χ0) is 41.8. The Kier molecular flexibility index (Phi) is 7.75. The second kappa shape index (κ2) is 13.6. The van der Waals surface area contributed by atoms with Crippen molar-refractivity contribution in [2.24, 2.45) is 0 Å². The first kappa shape index (κ1) is 35.9. The van der Waals surface area contributed by atoms with E-state index in [1.165, 1.54) is 131 Å². The topological polar surface area (TPSA) is 0 Å². The first-order valence-corrected chi connectivity index (χ1v) is 22.2. The number of fused-ring (bicyclic) bond motifs is 9. The molecule has 1 aliphatic carbocycles. The van der Waals surface area contributed by atoms with Gasteiger partial charge in [-0.3, -0.25) is 0 Å². The molecule has 12 aromatic rings. The van der Waals surface area contributed by atoms with Crippen molar-refractivity contribution >= 4 is 64.6 Å². The Morgan fingerprint density at radius 2 is 0.667 bits per heavy atom. The normalized spacial score (nSPS) is 13.0. The molecule has 0 heterocycles. The Bertz CT molecular complexity index is 3820. The van der Waals surface area contributed by atoms with Crippen LogP contribution in [-0.4, -0.2) is 0 Å². The van der Waals surface area contributed by atoms with Gasteiger partial charge < -0.3 is 0 Å². The first-order valence-electron chi connectivity index (χ1n) is 22.2. The van der Waals surface area contributed by atoms with E-state index in [9.17, 15) is 0 Å². The molecule has 0 atom stereocenters. The molecule has 294 valence electrons. The highest BCUT2D eigenvalue weighted by molar-refractivity contribution is 6.26. The molecule has 13 rings (SSSR count). The van der Waals surface area contributed by atoms with E-state index in [1.54, 1.807) is 0 Å². The zero-order valence-electron chi connectivity index (χ0n) is 35.3. The van der Waals surface area contributed by atoms with Gasteiger partial charge in [0.1, 0.15) is 0 Å². The predicted molar refractivity (Wildman–Crippen MR) is 271 cm³/mol. The molecule has 1 aliphatic rings. The summed E-state index contributed by atoms with van der Waals surface area (Å²) in [4.78, 5) is 0. The highest BCUT2D eigenvalue weighted by Gasteiger charge is 2.35. The molecule has 0 spiro atoms. The lowest BCUT2D eigenvalue weighted by atomic mass is 9.80. The lowest BCUT2D eigenvalue weighted by molar-refractivity contribution is 0.660. The fourth-order valence-electron chi connectivity index (χ4n) is 11.3. The van der Waals surface area contributed by atoms with E-state index >= 15 is 0 Å². The maximum atomic E-state index is 2.51. The molecule has 0 N–H and O–H groups in total. The maximum absolute atomic E-state index is 2.51. The highest BCUT2D eigenvalue weighted by atomic mass is 14.4. The molecule has 12 aromatic carbocycles. The summed E-state index contributed by atoms with van der Waals surface area (Å²) in [6.45, 7) is 4.77. The number of hydrogen-bond acceptors (Lipinski definition) is 0. The lowest BCUT2D eigenvalue weighted by Gasteiger charge is -2.23. The summed E-state index contributed by atoms with van der Waals surface area (Å²) in [6.07, 6.45) is 0. The van der Waals surface area contributed by atoms with Crippen LogP contribution >= 0.6 is 0 Å². The van der Waals surface area contributed by atoms with Gasteiger partial charge in [0, 0.05) is 5.41 Å². The van der Waals surface area contributed by atoms with Gasteiger partial charge >= 0.3 is 0 Å². The molecular formula is C63H42. The van der Waals surface area contributed by atoms with Crippen LogP contribution in [0, 0.1) is 0 Å². The van der Waals surface area contributed by atoms with Gasteiger partial charge in [0.25, 0.3) is 0 Å². The largest absolute Gasteiger partial charge is 0.0619 e. The van der Waals surface area contributed by atoms with E-state index in [-0.39, 0.29) is 5.41 Å². The minimum Gasteiger partial charge on any atom is -0.0619 e. The molecular weight excluding hydrogens is 757 g/mol. The van der Waals surface area contributed by atoms with Crippen molar-refractivity contribution in [1.82, 2.24) is 0 Å². The van der Waals surface area contributed by atoms with E-state index in [4.69, 9.17) is 0 Å². The SMILES string of the molecule is CC1(C)c2ccccc2-c2ccc(-c3c4ccccc4c(-c4ccc5ccccc5c4)c4ccc(-c5c6ccccc6c(-c6cccc7ccccc67)c6ccccc56)cc34)cc21. The van der Waals surface area contributed by atoms with Crippen molar-refractivity contribution in [3.8, 4) is 55.6 Å². The van der Waals surface area contributed by atoms with Crippen molar-refractivity contribution < 1.29 is 0 Å². The second-order valence-corrected chi connectivity index (χ2v) is 17.9. The van der Waals surface area contributed by atoms with Crippen LogP contribution in [-0.2, 0) is 5.41 Å². The van der Waals surface area contributed by atoms with Crippen LogP contribution in [0.1, 0.15) is 25.0 Å². The summed E-state index contributed by atoms with van der Waals surface area (Å²) < 4.78 is 0. The smallest absolute Gasteiger partial charge is 0.0159 e. The van der Waals surface area contributed by atoms with Gasteiger partial charge in [0.2, 0.25) is 0 Å². The van der Waals surface area contributed by atoms with Crippen LogP contribution < -0.4 is 0 Å². The molecule has 0 nitrogen and oxygen atoms in total. The molecule has 0 bridgehead atoms. The van der Waals surface area contributed by atoms with Crippen LogP contribution in [0.4, 0.5) is 0 Å². The molecule has 63 heavy (non-hydrogen) atoms. The average Bonchev–Trinajstić information content (AvgIpc) is 3.57. The van der Waals surface area contributed by atoms with Crippen LogP contribution in [0.25, 0.3) is 120 Å². The van der Waals surface area contributed by atoms with Gasteiger partial charge in [-0.25, -0.2) is 0 Å². The van der Waals surface area contributed by atoms with Crippen LogP contribution in [0.15, 0.2) is 218 Å². The molecule has 0 unspecified atom stereocenters. The molecule has 0 saturated heterocycles. The van der Waals surface area contributed by atoms with E-state index in [1.807, 2.05) is 0 Å². The molecule has 0 aliphatic heterocycles. The van der Waals surface area contributed by atoms with Gasteiger partial charge in [0.05, 0.1) is 0 Å². The monoisotopic (exact) mass is 798 g/mol. The van der Waals surface area contributed by atoms with Crippen molar-refractivity contribution in [3.63, 3.8) is 0 Å². The van der Waals surface area contributed by atoms with Crippen LogP contribution in [0.5, 0.6) is 0 Å². The van der Waals surface area contributed by atoms with Gasteiger partial charge in [0.15, 0.2) is 0 Å². The second-order valence-electron chi connectivity index (χ2n) is 17.9. The molecule has 0 radical (unpaired) electrons. The van der Waals surface area contributed by atoms with E-state index < -0.39 is 0 Å². The molecule has 0 heteroatoms. The molecule has 0 aromatic heterocycles. The van der Waals surface area contributed by atoms with Gasteiger partial charge in [-0.15, -0.1) is 0 Å². The van der Waals surface area contributed by atoms with Crippen molar-refractivity contribution in [2.45, 2.75) is 19.3 Å². The Morgan fingerprint density at radius 1 is 0.238 bits per heavy atom. The minimum atomic E-state index is -0.118. The Hall–Kier alpha value is -7.80. The van der Waals surface area contributed by atoms with Crippen LogP contribution in [0.3, 0.4) is 0 Å². The minimum absolute atomic E-state index is 0.118. The van der Waals surface area contributed by atoms with Gasteiger partial charge in [-0.2, -0.15) is 0 Å². The molecule has 0 amide bonds. The molecule has 0 fully saturated rings. The summed E-state index contributed by atoms with van der Waals surface area (Å²) >= 11 is 0. The maximum Gasteiger partial charge on any atom is 0.0159 e. The Balaban J connectivity index is 1.14.